The number of imidazole rings is 1. The molecule has 7 heteroatoms. The summed E-state index contributed by atoms with van der Waals surface area (Å²) in [7, 11) is -1.11. The average molecular weight is 318 g/mol. The van der Waals surface area contributed by atoms with Crippen molar-refractivity contribution in [2.45, 2.75) is 38.2 Å². The SMILES string of the molecule is CCCc1nc(C[S@@](=O)Cc2cn3cccc(C)c3n2)no1. The number of fused-ring (bicyclic) bond motifs is 1. The van der Waals surface area contributed by atoms with Gasteiger partial charge in [-0.1, -0.05) is 18.1 Å². The van der Waals surface area contributed by atoms with Crippen LogP contribution in [0.15, 0.2) is 29.0 Å². The molecule has 3 aromatic heterocycles. The van der Waals surface area contributed by atoms with Crippen LogP contribution in [0.1, 0.15) is 36.3 Å². The van der Waals surface area contributed by atoms with E-state index in [4.69, 9.17) is 4.52 Å². The van der Waals surface area contributed by atoms with Crippen molar-refractivity contribution in [3.63, 3.8) is 0 Å². The van der Waals surface area contributed by atoms with E-state index < -0.39 is 10.8 Å². The molecule has 0 spiro atoms. The second kappa shape index (κ2) is 6.39. The third-order valence-corrected chi connectivity index (χ3v) is 4.50. The number of aromatic nitrogens is 4. The largest absolute Gasteiger partial charge is 0.339 e. The van der Waals surface area contributed by atoms with Crippen LogP contribution in [0.25, 0.3) is 5.65 Å². The fourth-order valence-electron chi connectivity index (χ4n) is 2.30. The van der Waals surface area contributed by atoms with Gasteiger partial charge >= 0.3 is 0 Å². The molecule has 3 rings (SSSR count). The normalized spacial score (nSPS) is 12.8. The van der Waals surface area contributed by atoms with E-state index in [-0.39, 0.29) is 0 Å². The van der Waals surface area contributed by atoms with Gasteiger partial charge in [0.1, 0.15) is 5.65 Å². The first-order chi connectivity index (χ1) is 10.7. The van der Waals surface area contributed by atoms with E-state index in [0.717, 1.165) is 29.7 Å². The maximum Gasteiger partial charge on any atom is 0.226 e. The average Bonchev–Trinajstić information content (AvgIpc) is 3.06. The zero-order valence-corrected chi connectivity index (χ0v) is 13.5. The van der Waals surface area contributed by atoms with E-state index in [0.29, 0.717) is 23.2 Å². The fraction of sp³-hybridized carbons (Fsp3) is 0.400. The van der Waals surface area contributed by atoms with E-state index in [1.807, 2.05) is 42.8 Å². The van der Waals surface area contributed by atoms with E-state index in [1.54, 1.807) is 0 Å². The number of nitrogens with zero attached hydrogens (tertiary/aromatic N) is 4. The first kappa shape index (κ1) is 14.9. The van der Waals surface area contributed by atoms with Crippen molar-refractivity contribution in [2.75, 3.05) is 0 Å². The highest BCUT2D eigenvalue weighted by Gasteiger charge is 2.12. The van der Waals surface area contributed by atoms with Crippen LogP contribution in [0.5, 0.6) is 0 Å². The van der Waals surface area contributed by atoms with Crippen LogP contribution in [-0.4, -0.2) is 23.7 Å². The lowest BCUT2D eigenvalue weighted by Gasteiger charge is -1.95. The molecule has 3 heterocycles. The molecule has 1 atom stereocenters. The molecule has 0 aliphatic carbocycles. The minimum atomic E-state index is -1.11. The molecule has 0 radical (unpaired) electrons. The quantitative estimate of drug-likeness (QED) is 0.698. The van der Waals surface area contributed by atoms with Gasteiger partial charge in [-0.15, -0.1) is 0 Å². The Bertz CT molecular complexity index is 809. The minimum Gasteiger partial charge on any atom is -0.339 e. The van der Waals surface area contributed by atoms with Crippen molar-refractivity contribution >= 4 is 16.4 Å². The zero-order chi connectivity index (χ0) is 15.5. The molecule has 0 saturated heterocycles. The summed E-state index contributed by atoms with van der Waals surface area (Å²) in [4.78, 5) is 8.78. The molecule has 0 aliphatic rings. The summed E-state index contributed by atoms with van der Waals surface area (Å²) in [5.41, 5.74) is 2.81. The van der Waals surface area contributed by atoms with Crippen LogP contribution in [0.2, 0.25) is 0 Å². The van der Waals surface area contributed by atoms with Crippen molar-refractivity contribution in [1.29, 1.82) is 0 Å². The molecule has 0 aromatic carbocycles. The Morgan fingerprint density at radius 1 is 1.32 bits per heavy atom. The Labute approximate surface area is 131 Å². The highest BCUT2D eigenvalue weighted by atomic mass is 32.2. The van der Waals surface area contributed by atoms with Crippen molar-refractivity contribution in [3.8, 4) is 0 Å². The summed E-state index contributed by atoms with van der Waals surface area (Å²) < 4.78 is 19.3. The highest BCUT2D eigenvalue weighted by Crippen LogP contribution is 2.12. The maximum atomic E-state index is 12.3. The van der Waals surface area contributed by atoms with Crippen LogP contribution >= 0.6 is 0 Å². The minimum absolute atomic E-state index is 0.292. The number of aryl methyl sites for hydroxylation is 2. The van der Waals surface area contributed by atoms with Crippen LogP contribution in [0.3, 0.4) is 0 Å². The van der Waals surface area contributed by atoms with Crippen molar-refractivity contribution in [1.82, 2.24) is 19.5 Å². The highest BCUT2D eigenvalue weighted by molar-refractivity contribution is 7.83. The van der Waals surface area contributed by atoms with Gasteiger partial charge in [-0.2, -0.15) is 4.98 Å². The number of hydrogen-bond donors (Lipinski definition) is 0. The summed E-state index contributed by atoms with van der Waals surface area (Å²) in [6, 6.07) is 3.98. The third-order valence-electron chi connectivity index (χ3n) is 3.30. The lowest BCUT2D eigenvalue weighted by Crippen LogP contribution is -2.01. The van der Waals surface area contributed by atoms with Crippen LogP contribution < -0.4 is 0 Å². The smallest absolute Gasteiger partial charge is 0.226 e. The summed E-state index contributed by atoms with van der Waals surface area (Å²) >= 11 is 0. The lowest BCUT2D eigenvalue weighted by molar-refractivity contribution is 0.373. The monoisotopic (exact) mass is 318 g/mol. The molecule has 0 amide bonds. The molecule has 0 fully saturated rings. The van der Waals surface area contributed by atoms with Gasteiger partial charge in [-0.05, 0) is 25.0 Å². The van der Waals surface area contributed by atoms with Gasteiger partial charge in [-0.3, -0.25) is 4.21 Å². The van der Waals surface area contributed by atoms with E-state index in [1.165, 1.54) is 0 Å². The number of rotatable bonds is 6. The van der Waals surface area contributed by atoms with Crippen molar-refractivity contribution in [2.24, 2.45) is 0 Å². The van der Waals surface area contributed by atoms with Crippen molar-refractivity contribution < 1.29 is 8.73 Å². The molecule has 3 aromatic rings. The molecule has 6 nitrogen and oxygen atoms in total. The molecule has 0 unspecified atom stereocenters. The second-order valence-corrected chi connectivity index (χ2v) is 6.69. The second-order valence-electron chi connectivity index (χ2n) is 5.24. The Balaban J connectivity index is 1.68. The molecule has 0 saturated carbocycles. The van der Waals surface area contributed by atoms with Gasteiger partial charge < -0.3 is 8.92 Å². The maximum absolute atomic E-state index is 12.3. The standard InChI is InChI=1S/C15H18N4O2S/c1-3-5-14-17-13(18-21-14)10-22(20)9-12-8-19-7-4-6-11(2)15(19)16-12/h4,6-8H,3,5,9-10H2,1-2H3/t22-/m0/s1. The first-order valence-corrected chi connectivity index (χ1v) is 8.74. The first-order valence-electron chi connectivity index (χ1n) is 7.25. The van der Waals surface area contributed by atoms with Crippen LogP contribution in [0, 0.1) is 6.92 Å². The summed E-state index contributed by atoms with van der Waals surface area (Å²) in [6.07, 6.45) is 5.56. The number of pyridine rings is 1. The molecular formula is C15H18N4O2S. The predicted molar refractivity (Wildman–Crippen MR) is 83.8 cm³/mol. The summed E-state index contributed by atoms with van der Waals surface area (Å²) in [5.74, 6) is 1.79. The lowest BCUT2D eigenvalue weighted by atomic mass is 10.3. The van der Waals surface area contributed by atoms with E-state index in [2.05, 4.69) is 15.1 Å². The Kier molecular flexibility index (Phi) is 4.33. The Morgan fingerprint density at radius 3 is 2.95 bits per heavy atom. The Morgan fingerprint density at radius 2 is 2.18 bits per heavy atom. The zero-order valence-electron chi connectivity index (χ0n) is 12.7. The van der Waals surface area contributed by atoms with Gasteiger partial charge in [0.05, 0.1) is 17.2 Å². The molecule has 0 aliphatic heterocycles. The van der Waals surface area contributed by atoms with E-state index in [9.17, 15) is 4.21 Å². The van der Waals surface area contributed by atoms with E-state index >= 15 is 0 Å². The summed E-state index contributed by atoms with van der Waals surface area (Å²) in [6.45, 7) is 4.06. The van der Waals surface area contributed by atoms with Crippen molar-refractivity contribution in [3.05, 3.63) is 47.5 Å². The van der Waals surface area contributed by atoms with Gasteiger partial charge in [0.15, 0.2) is 5.82 Å². The van der Waals surface area contributed by atoms with Crippen LogP contribution in [0.4, 0.5) is 0 Å². The van der Waals surface area contributed by atoms with Gasteiger partial charge in [0.25, 0.3) is 0 Å². The summed E-state index contributed by atoms with van der Waals surface area (Å²) in [5, 5.41) is 3.87. The van der Waals surface area contributed by atoms with Crippen LogP contribution in [-0.2, 0) is 28.7 Å². The van der Waals surface area contributed by atoms with Gasteiger partial charge in [0, 0.05) is 29.6 Å². The molecule has 22 heavy (non-hydrogen) atoms. The molecule has 116 valence electrons. The fourth-order valence-corrected chi connectivity index (χ4v) is 3.27. The molecule has 0 bridgehead atoms. The van der Waals surface area contributed by atoms with Gasteiger partial charge in [-0.25, -0.2) is 4.98 Å². The Hall–Kier alpha value is -2.02. The third kappa shape index (κ3) is 3.24. The topological polar surface area (TPSA) is 73.3 Å². The number of hydrogen-bond acceptors (Lipinski definition) is 5. The van der Waals surface area contributed by atoms with Gasteiger partial charge in [0.2, 0.25) is 5.89 Å². The molecular weight excluding hydrogens is 300 g/mol. The predicted octanol–water partition coefficient (Wildman–Crippen LogP) is 2.43. The molecule has 0 N–H and O–H groups in total.